The van der Waals surface area contributed by atoms with E-state index in [9.17, 15) is 9.59 Å². The van der Waals surface area contributed by atoms with Gasteiger partial charge in [-0.05, 0) is 30.2 Å². The van der Waals surface area contributed by atoms with Crippen LogP contribution in [0.25, 0.3) is 0 Å². The quantitative estimate of drug-likeness (QED) is 0.724. The predicted molar refractivity (Wildman–Crippen MR) is 101 cm³/mol. The molecule has 0 radical (unpaired) electrons. The number of anilines is 1. The van der Waals surface area contributed by atoms with Crippen LogP contribution in [0.3, 0.4) is 0 Å². The monoisotopic (exact) mass is 369 g/mol. The molecule has 27 heavy (non-hydrogen) atoms. The fourth-order valence-corrected chi connectivity index (χ4v) is 2.98. The third-order valence-corrected chi connectivity index (χ3v) is 4.54. The van der Waals surface area contributed by atoms with Crippen molar-refractivity contribution in [3.63, 3.8) is 0 Å². The van der Waals surface area contributed by atoms with Crippen molar-refractivity contribution in [3.8, 4) is 5.75 Å². The standard InChI is InChI=1S/C19H23N5O3/c1-27-17-5-3-2-4-15(17)8-9-20-19(26)16-6-7-18(22-21-16)24-12-10-23(14-25)11-13-24/h2-7,14H,8-13H2,1H3,(H,20,26). The number of ether oxygens (including phenoxy) is 1. The molecule has 2 heterocycles. The van der Waals surface area contributed by atoms with Gasteiger partial charge < -0.3 is 19.9 Å². The lowest BCUT2D eigenvalue weighted by atomic mass is 10.1. The lowest BCUT2D eigenvalue weighted by Crippen LogP contribution is -2.46. The molecule has 1 aliphatic heterocycles. The smallest absolute Gasteiger partial charge is 0.271 e. The van der Waals surface area contributed by atoms with Gasteiger partial charge in [0.1, 0.15) is 5.75 Å². The highest BCUT2D eigenvalue weighted by Crippen LogP contribution is 2.17. The van der Waals surface area contributed by atoms with Gasteiger partial charge in [0.25, 0.3) is 5.91 Å². The third kappa shape index (κ3) is 4.72. The van der Waals surface area contributed by atoms with Gasteiger partial charge in [0.15, 0.2) is 11.5 Å². The van der Waals surface area contributed by atoms with Crippen LogP contribution < -0.4 is 15.0 Å². The maximum atomic E-state index is 12.3. The molecule has 142 valence electrons. The minimum Gasteiger partial charge on any atom is -0.496 e. The number of methoxy groups -OCH3 is 1. The number of benzene rings is 1. The predicted octanol–water partition coefficient (Wildman–Crippen LogP) is 0.736. The molecular weight excluding hydrogens is 346 g/mol. The molecule has 1 fully saturated rings. The van der Waals surface area contributed by atoms with Crippen molar-refractivity contribution in [1.29, 1.82) is 0 Å². The summed E-state index contributed by atoms with van der Waals surface area (Å²) >= 11 is 0. The molecule has 1 N–H and O–H groups in total. The van der Waals surface area contributed by atoms with E-state index in [0.29, 0.717) is 45.0 Å². The molecule has 8 heteroatoms. The van der Waals surface area contributed by atoms with Gasteiger partial charge in [0.2, 0.25) is 6.41 Å². The molecule has 1 aliphatic rings. The maximum absolute atomic E-state index is 12.3. The summed E-state index contributed by atoms with van der Waals surface area (Å²) in [6.45, 7) is 3.22. The molecule has 0 bridgehead atoms. The highest BCUT2D eigenvalue weighted by Gasteiger charge is 2.17. The first-order valence-corrected chi connectivity index (χ1v) is 8.89. The Bertz CT molecular complexity index is 773. The van der Waals surface area contributed by atoms with Crippen LogP contribution in [0, 0.1) is 0 Å². The van der Waals surface area contributed by atoms with Crippen LogP contribution in [-0.2, 0) is 11.2 Å². The normalized spacial score (nSPS) is 14.0. The number of hydrogen-bond donors (Lipinski definition) is 1. The van der Waals surface area contributed by atoms with Gasteiger partial charge in [0, 0.05) is 32.7 Å². The molecule has 0 saturated carbocycles. The van der Waals surface area contributed by atoms with Crippen molar-refractivity contribution < 1.29 is 14.3 Å². The Hall–Kier alpha value is -3.16. The summed E-state index contributed by atoms with van der Waals surface area (Å²) in [5, 5.41) is 11.1. The van der Waals surface area contributed by atoms with E-state index >= 15 is 0 Å². The lowest BCUT2D eigenvalue weighted by Gasteiger charge is -2.32. The lowest BCUT2D eigenvalue weighted by molar-refractivity contribution is -0.118. The van der Waals surface area contributed by atoms with E-state index in [-0.39, 0.29) is 11.6 Å². The Morgan fingerprint density at radius 3 is 2.59 bits per heavy atom. The number of carbonyl (C=O) groups is 2. The van der Waals surface area contributed by atoms with E-state index in [0.717, 1.165) is 17.7 Å². The fourth-order valence-electron chi connectivity index (χ4n) is 2.98. The van der Waals surface area contributed by atoms with Crippen molar-refractivity contribution in [2.45, 2.75) is 6.42 Å². The summed E-state index contributed by atoms with van der Waals surface area (Å²) < 4.78 is 5.31. The molecular formula is C19H23N5O3. The van der Waals surface area contributed by atoms with E-state index in [1.807, 2.05) is 24.3 Å². The van der Waals surface area contributed by atoms with Gasteiger partial charge >= 0.3 is 0 Å². The Kier molecular flexibility index (Phi) is 6.19. The highest BCUT2D eigenvalue weighted by atomic mass is 16.5. The van der Waals surface area contributed by atoms with Gasteiger partial charge in [-0.2, -0.15) is 0 Å². The van der Waals surface area contributed by atoms with E-state index in [4.69, 9.17) is 4.74 Å². The zero-order chi connectivity index (χ0) is 19.1. The second-order valence-corrected chi connectivity index (χ2v) is 6.22. The third-order valence-electron chi connectivity index (χ3n) is 4.54. The summed E-state index contributed by atoms with van der Waals surface area (Å²) in [6, 6.07) is 11.2. The molecule has 0 aliphatic carbocycles. The summed E-state index contributed by atoms with van der Waals surface area (Å²) in [7, 11) is 1.63. The summed E-state index contributed by atoms with van der Waals surface area (Å²) in [6.07, 6.45) is 1.53. The average Bonchev–Trinajstić information content (AvgIpc) is 2.74. The minimum absolute atomic E-state index is 0.255. The molecule has 8 nitrogen and oxygen atoms in total. The Labute approximate surface area is 158 Å². The van der Waals surface area contributed by atoms with Crippen molar-refractivity contribution in [2.24, 2.45) is 0 Å². The van der Waals surface area contributed by atoms with Crippen molar-refractivity contribution in [3.05, 3.63) is 47.7 Å². The number of nitrogens with one attached hydrogen (secondary N) is 1. The topological polar surface area (TPSA) is 87.7 Å². The van der Waals surface area contributed by atoms with Crippen LogP contribution in [-0.4, -0.2) is 67.2 Å². The SMILES string of the molecule is COc1ccccc1CCNC(=O)c1ccc(N2CCN(C=O)CC2)nn1. The molecule has 1 aromatic heterocycles. The maximum Gasteiger partial charge on any atom is 0.271 e. The van der Waals surface area contributed by atoms with Gasteiger partial charge in [-0.3, -0.25) is 9.59 Å². The Morgan fingerprint density at radius 1 is 1.15 bits per heavy atom. The van der Waals surface area contributed by atoms with E-state index in [1.54, 1.807) is 24.1 Å². The molecule has 1 saturated heterocycles. The molecule has 1 aromatic carbocycles. The van der Waals surface area contributed by atoms with Gasteiger partial charge in [-0.25, -0.2) is 0 Å². The van der Waals surface area contributed by atoms with E-state index < -0.39 is 0 Å². The number of amides is 2. The number of piperazine rings is 1. The van der Waals surface area contributed by atoms with Crippen molar-refractivity contribution in [2.75, 3.05) is 44.7 Å². The number of para-hydroxylation sites is 1. The number of rotatable bonds is 7. The number of nitrogens with zero attached hydrogens (tertiary/aromatic N) is 4. The van der Waals surface area contributed by atoms with Crippen LogP contribution in [0.15, 0.2) is 36.4 Å². The van der Waals surface area contributed by atoms with Crippen LogP contribution in [0.5, 0.6) is 5.75 Å². The van der Waals surface area contributed by atoms with Crippen molar-refractivity contribution >= 4 is 18.1 Å². The van der Waals surface area contributed by atoms with Gasteiger partial charge in [-0.1, -0.05) is 18.2 Å². The summed E-state index contributed by atoms with van der Waals surface area (Å²) in [5.41, 5.74) is 1.32. The van der Waals surface area contributed by atoms with Crippen LogP contribution in [0.2, 0.25) is 0 Å². The van der Waals surface area contributed by atoms with Crippen molar-refractivity contribution in [1.82, 2.24) is 20.4 Å². The zero-order valence-electron chi connectivity index (χ0n) is 15.3. The van der Waals surface area contributed by atoms with Gasteiger partial charge in [-0.15, -0.1) is 10.2 Å². The second-order valence-electron chi connectivity index (χ2n) is 6.22. The summed E-state index contributed by atoms with van der Waals surface area (Å²) in [5.74, 6) is 1.27. The largest absolute Gasteiger partial charge is 0.496 e. The molecule has 0 spiro atoms. The first-order chi connectivity index (χ1) is 13.2. The summed E-state index contributed by atoms with van der Waals surface area (Å²) in [4.78, 5) is 26.8. The average molecular weight is 369 g/mol. The highest BCUT2D eigenvalue weighted by molar-refractivity contribution is 5.92. The molecule has 0 unspecified atom stereocenters. The number of hydrogen-bond acceptors (Lipinski definition) is 6. The molecule has 3 rings (SSSR count). The van der Waals surface area contributed by atoms with E-state index in [2.05, 4.69) is 20.4 Å². The molecule has 0 atom stereocenters. The Morgan fingerprint density at radius 2 is 1.93 bits per heavy atom. The van der Waals surface area contributed by atoms with E-state index in [1.165, 1.54) is 0 Å². The molecule has 2 aromatic rings. The molecule has 2 amide bonds. The van der Waals surface area contributed by atoms with Gasteiger partial charge in [0.05, 0.1) is 7.11 Å². The Balaban J connectivity index is 1.51. The fraction of sp³-hybridized carbons (Fsp3) is 0.368. The number of aromatic nitrogens is 2. The first-order valence-electron chi connectivity index (χ1n) is 8.89. The second kappa shape index (κ2) is 8.98. The zero-order valence-corrected chi connectivity index (χ0v) is 15.3. The first kappa shape index (κ1) is 18.6. The van der Waals surface area contributed by atoms with Crippen LogP contribution in [0.4, 0.5) is 5.82 Å². The minimum atomic E-state index is -0.255. The van der Waals surface area contributed by atoms with Crippen LogP contribution in [0.1, 0.15) is 16.1 Å². The number of carbonyl (C=O) groups excluding carboxylic acids is 2. The van der Waals surface area contributed by atoms with Crippen LogP contribution >= 0.6 is 0 Å².